The van der Waals surface area contributed by atoms with Crippen molar-refractivity contribution in [2.75, 3.05) is 20.1 Å². The molecule has 0 spiro atoms. The first-order valence-electron chi connectivity index (χ1n) is 8.40. The number of nitrogens with zero attached hydrogens (tertiary/aromatic N) is 2. The molecule has 0 amide bonds. The van der Waals surface area contributed by atoms with Gasteiger partial charge in [0, 0.05) is 26.2 Å². The highest BCUT2D eigenvalue weighted by atomic mass is 15.2. The van der Waals surface area contributed by atoms with Gasteiger partial charge in [-0.3, -0.25) is 9.89 Å². The molecule has 1 unspecified atom stereocenters. The number of rotatable bonds is 8. The molecule has 1 aromatic rings. The smallest absolute Gasteiger partial charge is 0.191 e. The number of hydrogen-bond donors (Lipinski definition) is 2. The lowest BCUT2D eigenvalue weighted by molar-refractivity contribution is 0.295. The summed E-state index contributed by atoms with van der Waals surface area (Å²) in [6, 6.07) is 9.07. The van der Waals surface area contributed by atoms with Crippen LogP contribution in [0, 0.1) is 0 Å². The Balaban J connectivity index is 2.69. The van der Waals surface area contributed by atoms with Gasteiger partial charge in [0.05, 0.1) is 0 Å². The van der Waals surface area contributed by atoms with E-state index < -0.39 is 0 Å². The van der Waals surface area contributed by atoms with Gasteiger partial charge in [-0.2, -0.15) is 0 Å². The first-order chi connectivity index (χ1) is 10.6. The van der Waals surface area contributed by atoms with Gasteiger partial charge in [-0.25, -0.2) is 0 Å². The van der Waals surface area contributed by atoms with Crippen LogP contribution in [0.25, 0.3) is 0 Å². The summed E-state index contributed by atoms with van der Waals surface area (Å²) in [5.74, 6) is 0.868. The van der Waals surface area contributed by atoms with E-state index in [1.54, 1.807) is 0 Å². The fourth-order valence-electron chi connectivity index (χ4n) is 2.28. The Labute approximate surface area is 136 Å². The second-order valence-corrected chi connectivity index (χ2v) is 5.61. The summed E-state index contributed by atoms with van der Waals surface area (Å²) in [6.07, 6.45) is 1.08. The average Bonchev–Trinajstić information content (AvgIpc) is 2.56. The molecule has 0 aromatic heterocycles. The molecule has 0 saturated heterocycles. The molecule has 124 valence electrons. The molecule has 1 rings (SSSR count). The van der Waals surface area contributed by atoms with E-state index in [4.69, 9.17) is 0 Å². The average molecular weight is 304 g/mol. The molecule has 4 heteroatoms. The first-order valence-corrected chi connectivity index (χ1v) is 8.40. The Kier molecular flexibility index (Phi) is 8.60. The molecule has 0 aliphatic rings. The van der Waals surface area contributed by atoms with Crippen molar-refractivity contribution in [3.05, 3.63) is 35.4 Å². The number of hydrogen-bond acceptors (Lipinski definition) is 2. The molecule has 0 radical (unpaired) electrons. The minimum atomic E-state index is 0.428. The maximum Gasteiger partial charge on any atom is 0.191 e. The van der Waals surface area contributed by atoms with E-state index in [-0.39, 0.29) is 0 Å². The van der Waals surface area contributed by atoms with Crippen LogP contribution in [0.3, 0.4) is 0 Å². The largest absolute Gasteiger partial charge is 0.354 e. The molecule has 0 fully saturated rings. The van der Waals surface area contributed by atoms with Crippen molar-refractivity contribution in [3.8, 4) is 0 Å². The van der Waals surface area contributed by atoms with Crippen molar-refractivity contribution in [2.45, 2.75) is 53.2 Å². The Morgan fingerprint density at radius 3 is 2.32 bits per heavy atom. The lowest BCUT2D eigenvalue weighted by Gasteiger charge is -2.21. The predicted octanol–water partition coefficient (Wildman–Crippen LogP) is 2.99. The number of benzene rings is 1. The molecule has 0 aliphatic heterocycles. The summed E-state index contributed by atoms with van der Waals surface area (Å²) >= 11 is 0. The van der Waals surface area contributed by atoms with Gasteiger partial charge in [0.25, 0.3) is 0 Å². The molecular weight excluding hydrogens is 272 g/mol. The van der Waals surface area contributed by atoms with Crippen LogP contribution in [0.2, 0.25) is 0 Å². The van der Waals surface area contributed by atoms with Gasteiger partial charge >= 0.3 is 0 Å². The van der Waals surface area contributed by atoms with Crippen LogP contribution in [0.1, 0.15) is 45.2 Å². The third-order valence-corrected chi connectivity index (χ3v) is 4.07. The van der Waals surface area contributed by atoms with Crippen LogP contribution in [-0.2, 0) is 13.1 Å². The summed E-state index contributed by atoms with van der Waals surface area (Å²) in [6.45, 7) is 12.7. The standard InChI is InChI=1S/C18H32N4/c1-6-15(4)21-18(19-5)20-13-16-11-9-10-12-17(16)14-22(7-2)8-3/h9-12,15H,6-8,13-14H2,1-5H3,(H2,19,20,21). The van der Waals surface area contributed by atoms with Crippen molar-refractivity contribution >= 4 is 5.96 Å². The Bertz CT molecular complexity index is 452. The summed E-state index contributed by atoms with van der Waals surface area (Å²) in [5, 5.41) is 6.82. The predicted molar refractivity (Wildman–Crippen MR) is 96.2 cm³/mol. The van der Waals surface area contributed by atoms with Crippen LogP contribution >= 0.6 is 0 Å². The highest BCUT2D eigenvalue weighted by Gasteiger charge is 2.07. The van der Waals surface area contributed by atoms with Gasteiger partial charge in [0.15, 0.2) is 5.96 Å². The van der Waals surface area contributed by atoms with Crippen molar-refractivity contribution in [3.63, 3.8) is 0 Å². The maximum atomic E-state index is 4.30. The van der Waals surface area contributed by atoms with E-state index in [0.29, 0.717) is 6.04 Å². The zero-order chi connectivity index (χ0) is 16.4. The Hall–Kier alpha value is -1.55. The molecular formula is C18H32N4. The number of guanidine groups is 1. The van der Waals surface area contributed by atoms with Crippen LogP contribution in [0.5, 0.6) is 0 Å². The SMILES string of the molecule is CCC(C)NC(=NC)NCc1ccccc1CN(CC)CC. The number of aliphatic imine (C=N–C) groups is 1. The zero-order valence-electron chi connectivity index (χ0n) is 14.8. The van der Waals surface area contributed by atoms with Crippen LogP contribution in [-0.4, -0.2) is 37.0 Å². The molecule has 1 atom stereocenters. The van der Waals surface area contributed by atoms with Crippen LogP contribution in [0.15, 0.2) is 29.3 Å². The second kappa shape index (κ2) is 10.2. The van der Waals surface area contributed by atoms with E-state index in [1.165, 1.54) is 11.1 Å². The third-order valence-electron chi connectivity index (χ3n) is 4.07. The number of nitrogens with one attached hydrogen (secondary N) is 2. The quantitative estimate of drug-likeness (QED) is 0.573. The van der Waals surface area contributed by atoms with Crippen LogP contribution < -0.4 is 10.6 Å². The monoisotopic (exact) mass is 304 g/mol. The first kappa shape index (κ1) is 18.5. The van der Waals surface area contributed by atoms with Crippen molar-refractivity contribution in [1.82, 2.24) is 15.5 Å². The van der Waals surface area contributed by atoms with Crippen molar-refractivity contribution < 1.29 is 0 Å². The van der Waals surface area contributed by atoms with Crippen molar-refractivity contribution in [1.29, 1.82) is 0 Å². The highest BCUT2D eigenvalue weighted by Crippen LogP contribution is 2.11. The summed E-state index contributed by atoms with van der Waals surface area (Å²) in [7, 11) is 1.82. The molecule has 22 heavy (non-hydrogen) atoms. The third kappa shape index (κ3) is 6.06. The van der Waals surface area contributed by atoms with Gasteiger partial charge < -0.3 is 10.6 Å². The minimum absolute atomic E-state index is 0.428. The van der Waals surface area contributed by atoms with Gasteiger partial charge in [-0.15, -0.1) is 0 Å². The zero-order valence-corrected chi connectivity index (χ0v) is 14.8. The lowest BCUT2D eigenvalue weighted by Crippen LogP contribution is -2.41. The van der Waals surface area contributed by atoms with Crippen LogP contribution in [0.4, 0.5) is 0 Å². The van der Waals surface area contributed by atoms with E-state index in [1.807, 2.05) is 7.05 Å². The molecule has 0 aliphatic carbocycles. The van der Waals surface area contributed by atoms with Gasteiger partial charge in [0.2, 0.25) is 0 Å². The molecule has 2 N–H and O–H groups in total. The molecule has 0 bridgehead atoms. The summed E-state index contributed by atoms with van der Waals surface area (Å²) in [4.78, 5) is 6.73. The minimum Gasteiger partial charge on any atom is -0.354 e. The molecule has 4 nitrogen and oxygen atoms in total. The molecule has 0 saturated carbocycles. The van der Waals surface area contributed by atoms with Crippen molar-refractivity contribution in [2.24, 2.45) is 4.99 Å². The summed E-state index contributed by atoms with van der Waals surface area (Å²) < 4.78 is 0. The normalized spacial score (nSPS) is 13.3. The maximum absolute atomic E-state index is 4.30. The molecule has 1 aromatic carbocycles. The van der Waals surface area contributed by atoms with E-state index in [9.17, 15) is 0 Å². The fourth-order valence-corrected chi connectivity index (χ4v) is 2.28. The van der Waals surface area contributed by atoms with E-state index in [0.717, 1.165) is 38.6 Å². The molecule has 0 heterocycles. The summed E-state index contributed by atoms with van der Waals surface area (Å²) in [5.41, 5.74) is 2.72. The fraction of sp³-hybridized carbons (Fsp3) is 0.611. The van der Waals surface area contributed by atoms with Gasteiger partial charge in [-0.1, -0.05) is 45.0 Å². The second-order valence-electron chi connectivity index (χ2n) is 5.61. The van der Waals surface area contributed by atoms with Gasteiger partial charge in [0.1, 0.15) is 0 Å². The van der Waals surface area contributed by atoms with Gasteiger partial charge in [-0.05, 0) is 37.6 Å². The lowest BCUT2D eigenvalue weighted by atomic mass is 10.1. The van der Waals surface area contributed by atoms with E-state index in [2.05, 4.69) is 72.5 Å². The topological polar surface area (TPSA) is 39.7 Å². The highest BCUT2D eigenvalue weighted by molar-refractivity contribution is 5.79. The Morgan fingerprint density at radius 2 is 1.77 bits per heavy atom. The van der Waals surface area contributed by atoms with E-state index >= 15 is 0 Å². The Morgan fingerprint density at radius 1 is 1.14 bits per heavy atom.